The van der Waals surface area contributed by atoms with E-state index in [0.29, 0.717) is 11.8 Å². The molecule has 94 valence electrons. The Hall–Kier alpha value is -1.60. The highest BCUT2D eigenvalue weighted by Crippen LogP contribution is 2.58. The molecule has 2 aromatic rings. The van der Waals surface area contributed by atoms with Crippen molar-refractivity contribution in [2.24, 2.45) is 11.8 Å². The minimum absolute atomic E-state index is 0.623. The quantitative estimate of drug-likeness (QED) is 0.754. The number of benzene rings is 2. The van der Waals surface area contributed by atoms with Gasteiger partial charge in [0.1, 0.15) is 0 Å². The Morgan fingerprint density at radius 2 is 1.00 bits per heavy atom. The monoisotopic (exact) mass is 247 g/mol. The van der Waals surface area contributed by atoms with Gasteiger partial charge in [-0.15, -0.1) is 0 Å². The zero-order valence-corrected chi connectivity index (χ0v) is 10.8. The molecule has 1 fully saturated rings. The van der Waals surface area contributed by atoms with E-state index in [1.807, 2.05) is 0 Å². The minimum Gasteiger partial charge on any atom is -0.316 e. The van der Waals surface area contributed by atoms with Crippen molar-refractivity contribution < 1.29 is 0 Å². The summed E-state index contributed by atoms with van der Waals surface area (Å²) >= 11 is 0. The van der Waals surface area contributed by atoms with Gasteiger partial charge in [-0.25, -0.2) is 0 Å². The molecule has 1 N–H and O–H groups in total. The first kappa shape index (κ1) is 10.2. The molecule has 19 heavy (non-hydrogen) atoms. The maximum atomic E-state index is 3.63. The van der Waals surface area contributed by atoms with Gasteiger partial charge in [0.25, 0.3) is 0 Å². The number of hydrogen-bond acceptors (Lipinski definition) is 1. The molecule has 6 rings (SSSR count). The molecule has 2 unspecified atom stereocenters. The molecule has 1 heterocycles. The van der Waals surface area contributed by atoms with Crippen LogP contribution in [0.15, 0.2) is 48.5 Å². The molecule has 4 aliphatic rings. The topological polar surface area (TPSA) is 12.0 Å². The smallest absolute Gasteiger partial charge is 0.0139 e. The van der Waals surface area contributed by atoms with Crippen molar-refractivity contribution in [3.63, 3.8) is 0 Å². The van der Waals surface area contributed by atoms with Crippen molar-refractivity contribution in [3.8, 4) is 0 Å². The van der Waals surface area contributed by atoms with E-state index in [1.54, 1.807) is 22.3 Å². The van der Waals surface area contributed by atoms with Crippen LogP contribution in [0.4, 0.5) is 0 Å². The molecule has 1 heteroatoms. The van der Waals surface area contributed by atoms with Crippen LogP contribution in [0.1, 0.15) is 34.1 Å². The number of nitrogens with one attached hydrogen (secondary N) is 1. The van der Waals surface area contributed by atoms with Crippen molar-refractivity contribution in [2.45, 2.75) is 11.8 Å². The molecular formula is C18H17N. The van der Waals surface area contributed by atoms with Crippen LogP contribution >= 0.6 is 0 Å². The Morgan fingerprint density at radius 3 is 1.37 bits per heavy atom. The van der Waals surface area contributed by atoms with Crippen molar-refractivity contribution in [2.75, 3.05) is 13.1 Å². The lowest BCUT2D eigenvalue weighted by Crippen LogP contribution is -2.39. The second-order valence-electron chi connectivity index (χ2n) is 6.20. The van der Waals surface area contributed by atoms with Crippen LogP contribution in [0, 0.1) is 11.8 Å². The zero-order valence-electron chi connectivity index (χ0n) is 10.8. The van der Waals surface area contributed by atoms with Crippen LogP contribution < -0.4 is 5.32 Å². The number of hydrogen-bond donors (Lipinski definition) is 1. The normalized spacial score (nSPS) is 33.7. The van der Waals surface area contributed by atoms with Gasteiger partial charge in [0, 0.05) is 11.8 Å². The Kier molecular flexibility index (Phi) is 1.88. The third-order valence-electron chi connectivity index (χ3n) is 5.50. The lowest BCUT2D eigenvalue weighted by atomic mass is 9.55. The Morgan fingerprint density at radius 1 is 0.632 bits per heavy atom. The summed E-state index contributed by atoms with van der Waals surface area (Å²) in [5.41, 5.74) is 6.37. The summed E-state index contributed by atoms with van der Waals surface area (Å²) in [7, 11) is 0. The third kappa shape index (κ3) is 1.15. The van der Waals surface area contributed by atoms with Gasteiger partial charge in [0.2, 0.25) is 0 Å². The van der Waals surface area contributed by atoms with Crippen LogP contribution in [0.2, 0.25) is 0 Å². The van der Waals surface area contributed by atoms with E-state index in [0.717, 1.165) is 11.8 Å². The summed E-state index contributed by atoms with van der Waals surface area (Å²) < 4.78 is 0. The first-order chi connectivity index (χ1) is 9.45. The van der Waals surface area contributed by atoms with E-state index in [9.17, 15) is 0 Å². The van der Waals surface area contributed by atoms with Gasteiger partial charge in [-0.3, -0.25) is 0 Å². The SMILES string of the molecule is c1ccc2c(c1)C1c3ccccc3C2C2CNCC12. The molecule has 1 nitrogen and oxygen atoms in total. The molecule has 0 saturated carbocycles. The van der Waals surface area contributed by atoms with Crippen LogP contribution in [0.3, 0.4) is 0 Å². The van der Waals surface area contributed by atoms with Crippen molar-refractivity contribution >= 4 is 0 Å². The van der Waals surface area contributed by atoms with Crippen molar-refractivity contribution in [1.82, 2.24) is 5.32 Å². The Labute approximate surface area is 113 Å². The maximum absolute atomic E-state index is 3.63. The molecule has 2 atom stereocenters. The largest absolute Gasteiger partial charge is 0.316 e. The van der Waals surface area contributed by atoms with E-state index < -0.39 is 0 Å². The fraction of sp³-hybridized carbons (Fsp3) is 0.333. The van der Waals surface area contributed by atoms with Crippen LogP contribution in [0.25, 0.3) is 0 Å². The third-order valence-corrected chi connectivity index (χ3v) is 5.50. The Bertz CT molecular complexity index is 557. The van der Waals surface area contributed by atoms with Crippen LogP contribution in [-0.2, 0) is 0 Å². The molecule has 0 radical (unpaired) electrons. The first-order valence-electron chi connectivity index (χ1n) is 7.33. The lowest BCUT2D eigenvalue weighted by molar-refractivity contribution is 0.294. The van der Waals surface area contributed by atoms with Gasteiger partial charge in [-0.1, -0.05) is 48.5 Å². The molecule has 0 amide bonds. The molecule has 2 aromatic carbocycles. The molecule has 0 aromatic heterocycles. The fourth-order valence-corrected chi connectivity index (χ4v) is 4.86. The molecule has 3 aliphatic carbocycles. The van der Waals surface area contributed by atoms with E-state index in [1.165, 1.54) is 13.1 Å². The van der Waals surface area contributed by atoms with Gasteiger partial charge in [-0.05, 0) is 47.2 Å². The van der Waals surface area contributed by atoms with E-state index in [2.05, 4.69) is 53.8 Å². The summed E-state index contributed by atoms with van der Waals surface area (Å²) in [6, 6.07) is 18.3. The summed E-state index contributed by atoms with van der Waals surface area (Å²) in [6.07, 6.45) is 0. The van der Waals surface area contributed by atoms with E-state index >= 15 is 0 Å². The van der Waals surface area contributed by atoms with Crippen molar-refractivity contribution in [1.29, 1.82) is 0 Å². The average molecular weight is 247 g/mol. The van der Waals surface area contributed by atoms with E-state index in [4.69, 9.17) is 0 Å². The summed E-state index contributed by atoms with van der Waals surface area (Å²) in [5.74, 6) is 2.85. The summed E-state index contributed by atoms with van der Waals surface area (Å²) in [5, 5.41) is 3.63. The van der Waals surface area contributed by atoms with Gasteiger partial charge in [0.05, 0.1) is 0 Å². The second-order valence-corrected chi connectivity index (χ2v) is 6.20. The van der Waals surface area contributed by atoms with Gasteiger partial charge in [0.15, 0.2) is 0 Å². The first-order valence-corrected chi connectivity index (χ1v) is 7.33. The molecular weight excluding hydrogens is 230 g/mol. The van der Waals surface area contributed by atoms with Crippen LogP contribution in [-0.4, -0.2) is 13.1 Å². The standard InChI is InChI=1S/C18H17N/c1-2-6-12-11(5-1)17-13-7-3-4-8-14(13)18(12)16-10-19-9-15(16)17/h1-8,15-19H,9-10H2. The zero-order chi connectivity index (χ0) is 12.4. The summed E-state index contributed by atoms with van der Waals surface area (Å²) in [4.78, 5) is 0. The van der Waals surface area contributed by atoms with Crippen LogP contribution in [0.5, 0.6) is 0 Å². The number of rotatable bonds is 0. The van der Waals surface area contributed by atoms with Gasteiger partial charge in [-0.2, -0.15) is 0 Å². The average Bonchev–Trinajstić information content (AvgIpc) is 2.96. The molecule has 1 saturated heterocycles. The fourth-order valence-electron chi connectivity index (χ4n) is 4.86. The molecule has 1 aliphatic heterocycles. The highest BCUT2D eigenvalue weighted by Gasteiger charge is 2.50. The minimum atomic E-state index is 0.623. The van der Waals surface area contributed by atoms with Gasteiger partial charge < -0.3 is 5.32 Å². The van der Waals surface area contributed by atoms with Gasteiger partial charge >= 0.3 is 0 Å². The Balaban J connectivity index is 1.85. The predicted octanol–water partition coefficient (Wildman–Crippen LogP) is 3.11. The van der Waals surface area contributed by atoms with Crippen molar-refractivity contribution in [3.05, 3.63) is 70.8 Å². The van der Waals surface area contributed by atoms with E-state index in [-0.39, 0.29) is 0 Å². The highest BCUT2D eigenvalue weighted by molar-refractivity contribution is 5.57. The lowest BCUT2D eigenvalue weighted by Gasteiger charge is -2.48. The summed E-state index contributed by atoms with van der Waals surface area (Å²) in [6.45, 7) is 2.38. The molecule has 2 bridgehead atoms. The second kappa shape index (κ2) is 3.49. The molecule has 0 spiro atoms. The highest BCUT2D eigenvalue weighted by atomic mass is 14.9. The predicted molar refractivity (Wildman–Crippen MR) is 76.4 cm³/mol. The maximum Gasteiger partial charge on any atom is 0.0139 e.